The van der Waals surface area contributed by atoms with Crippen LogP contribution in [0, 0.1) is 0 Å². The third kappa shape index (κ3) is 8.71. The van der Waals surface area contributed by atoms with Gasteiger partial charge in [-0.2, -0.15) is 0 Å². The van der Waals surface area contributed by atoms with E-state index in [0.717, 1.165) is 51.6 Å². The molecule has 0 saturated carbocycles. The molecule has 1 aromatic rings. The van der Waals surface area contributed by atoms with Gasteiger partial charge in [0.1, 0.15) is 12.4 Å². The molecule has 1 aromatic carbocycles. The fraction of sp³-hybridized carbons (Fsp3) is 0.647. The minimum Gasteiger partial charge on any atom is -0.492 e. The minimum absolute atomic E-state index is 0.704. The Morgan fingerprint density at radius 2 is 1.76 bits per heavy atom. The second-order valence-electron chi connectivity index (χ2n) is 5.17. The van der Waals surface area contributed by atoms with Crippen molar-refractivity contribution in [2.45, 2.75) is 26.8 Å². The maximum atomic E-state index is 5.76. The van der Waals surface area contributed by atoms with Gasteiger partial charge in [-0.15, -0.1) is 0 Å². The zero-order valence-corrected chi connectivity index (χ0v) is 13.7. The van der Waals surface area contributed by atoms with E-state index in [9.17, 15) is 0 Å². The topological polar surface area (TPSA) is 33.7 Å². The highest BCUT2D eigenvalue weighted by atomic mass is 16.5. The fourth-order valence-electron chi connectivity index (χ4n) is 1.91. The normalized spacial score (nSPS) is 11.0. The number of hydrogen-bond acceptors (Lipinski definition) is 4. The Morgan fingerprint density at radius 1 is 1.05 bits per heavy atom. The van der Waals surface area contributed by atoms with E-state index in [1.807, 2.05) is 19.1 Å². The molecule has 0 atom stereocenters. The van der Waals surface area contributed by atoms with E-state index in [1.165, 1.54) is 5.56 Å². The van der Waals surface area contributed by atoms with Crippen LogP contribution in [-0.4, -0.2) is 51.4 Å². The summed E-state index contributed by atoms with van der Waals surface area (Å²) in [5, 5.41) is 3.39. The van der Waals surface area contributed by atoms with Crippen molar-refractivity contribution in [1.29, 1.82) is 0 Å². The van der Waals surface area contributed by atoms with Crippen molar-refractivity contribution < 1.29 is 9.47 Å². The van der Waals surface area contributed by atoms with E-state index in [2.05, 4.69) is 36.3 Å². The molecule has 0 fully saturated rings. The van der Waals surface area contributed by atoms with Gasteiger partial charge in [-0.3, -0.25) is 0 Å². The first-order valence-corrected chi connectivity index (χ1v) is 7.95. The van der Waals surface area contributed by atoms with Gasteiger partial charge in [0.25, 0.3) is 0 Å². The first-order valence-electron chi connectivity index (χ1n) is 7.95. The van der Waals surface area contributed by atoms with Gasteiger partial charge in [-0.25, -0.2) is 0 Å². The maximum absolute atomic E-state index is 5.76. The Hall–Kier alpha value is -1.10. The van der Waals surface area contributed by atoms with Gasteiger partial charge < -0.3 is 19.7 Å². The van der Waals surface area contributed by atoms with Gasteiger partial charge in [-0.1, -0.05) is 19.1 Å². The molecule has 0 radical (unpaired) electrons. The Balaban J connectivity index is 2.17. The van der Waals surface area contributed by atoms with Gasteiger partial charge in [0.05, 0.1) is 6.61 Å². The van der Waals surface area contributed by atoms with Crippen molar-refractivity contribution in [3.63, 3.8) is 0 Å². The van der Waals surface area contributed by atoms with Crippen LogP contribution in [0.2, 0.25) is 0 Å². The second-order valence-corrected chi connectivity index (χ2v) is 5.17. The summed E-state index contributed by atoms with van der Waals surface area (Å²) in [6.45, 7) is 10.3. The van der Waals surface area contributed by atoms with Gasteiger partial charge in [-0.05, 0) is 44.6 Å². The number of hydrogen-bond donors (Lipinski definition) is 1. The second kappa shape index (κ2) is 11.5. The van der Waals surface area contributed by atoms with Crippen LogP contribution in [-0.2, 0) is 11.3 Å². The summed E-state index contributed by atoms with van der Waals surface area (Å²) in [5.74, 6) is 0.937. The Labute approximate surface area is 129 Å². The molecule has 0 unspecified atom stereocenters. The zero-order valence-electron chi connectivity index (χ0n) is 13.7. The molecule has 1 rings (SSSR count). The fourth-order valence-corrected chi connectivity index (χ4v) is 1.91. The number of rotatable bonds is 12. The summed E-state index contributed by atoms with van der Waals surface area (Å²) in [7, 11) is 2.09. The lowest BCUT2D eigenvalue weighted by atomic mass is 10.2. The van der Waals surface area contributed by atoms with Gasteiger partial charge in [0.2, 0.25) is 0 Å². The molecule has 0 heterocycles. The summed E-state index contributed by atoms with van der Waals surface area (Å²) >= 11 is 0. The highest BCUT2D eigenvalue weighted by Gasteiger charge is 2.00. The van der Waals surface area contributed by atoms with Crippen LogP contribution in [0.5, 0.6) is 5.75 Å². The molecule has 1 N–H and O–H groups in total. The van der Waals surface area contributed by atoms with Crippen LogP contribution < -0.4 is 10.1 Å². The molecule has 4 heteroatoms. The first-order chi connectivity index (χ1) is 10.3. The molecular formula is C17H30N2O2. The third-order valence-electron chi connectivity index (χ3n) is 3.24. The van der Waals surface area contributed by atoms with Crippen molar-refractivity contribution in [1.82, 2.24) is 10.2 Å². The SMILES string of the molecule is CCCNCc1ccc(OCCN(C)CCOCC)cc1. The minimum atomic E-state index is 0.704. The number of nitrogens with one attached hydrogen (secondary N) is 1. The summed E-state index contributed by atoms with van der Waals surface area (Å²) in [5.41, 5.74) is 1.30. The highest BCUT2D eigenvalue weighted by Crippen LogP contribution is 2.12. The molecule has 0 aromatic heterocycles. The van der Waals surface area contributed by atoms with Crippen LogP contribution in [0.25, 0.3) is 0 Å². The molecule has 4 nitrogen and oxygen atoms in total. The number of likely N-dealkylation sites (N-methyl/N-ethyl adjacent to an activating group) is 1. The number of benzene rings is 1. The average molecular weight is 294 g/mol. The summed E-state index contributed by atoms with van der Waals surface area (Å²) in [6, 6.07) is 8.33. The summed E-state index contributed by atoms with van der Waals surface area (Å²) in [4.78, 5) is 2.22. The van der Waals surface area contributed by atoms with E-state index in [0.29, 0.717) is 6.61 Å². The van der Waals surface area contributed by atoms with Gasteiger partial charge >= 0.3 is 0 Å². The lowest BCUT2D eigenvalue weighted by molar-refractivity contribution is 0.116. The molecule has 0 aliphatic carbocycles. The standard InChI is InChI=1S/C17H30N2O2/c1-4-10-18-15-16-6-8-17(9-7-16)21-14-12-19(3)11-13-20-5-2/h6-9,18H,4-5,10-15H2,1-3H3. The molecule has 0 bridgehead atoms. The van der Waals surface area contributed by atoms with Crippen molar-refractivity contribution in [2.24, 2.45) is 0 Å². The predicted molar refractivity (Wildman–Crippen MR) is 87.9 cm³/mol. The van der Waals surface area contributed by atoms with Crippen LogP contribution >= 0.6 is 0 Å². The Morgan fingerprint density at radius 3 is 2.43 bits per heavy atom. The van der Waals surface area contributed by atoms with E-state index in [4.69, 9.17) is 9.47 Å². The largest absolute Gasteiger partial charge is 0.492 e. The van der Waals surface area contributed by atoms with Crippen LogP contribution in [0.3, 0.4) is 0 Å². The van der Waals surface area contributed by atoms with E-state index in [-0.39, 0.29) is 0 Å². The molecule has 21 heavy (non-hydrogen) atoms. The Bertz CT molecular complexity index is 354. The average Bonchev–Trinajstić information content (AvgIpc) is 2.49. The van der Waals surface area contributed by atoms with Crippen molar-refractivity contribution >= 4 is 0 Å². The van der Waals surface area contributed by atoms with Crippen LogP contribution in [0.4, 0.5) is 0 Å². The lowest BCUT2D eigenvalue weighted by Gasteiger charge is -2.16. The van der Waals surface area contributed by atoms with Crippen LogP contribution in [0.15, 0.2) is 24.3 Å². The first kappa shape index (κ1) is 18.0. The van der Waals surface area contributed by atoms with Crippen LogP contribution in [0.1, 0.15) is 25.8 Å². The smallest absolute Gasteiger partial charge is 0.119 e. The highest BCUT2D eigenvalue weighted by molar-refractivity contribution is 5.27. The zero-order chi connectivity index (χ0) is 15.3. The van der Waals surface area contributed by atoms with Crippen molar-refractivity contribution in [3.05, 3.63) is 29.8 Å². The van der Waals surface area contributed by atoms with E-state index < -0.39 is 0 Å². The molecule has 0 amide bonds. The molecule has 0 aliphatic rings. The van der Waals surface area contributed by atoms with E-state index in [1.54, 1.807) is 0 Å². The quantitative estimate of drug-likeness (QED) is 0.601. The lowest BCUT2D eigenvalue weighted by Crippen LogP contribution is -2.27. The summed E-state index contributed by atoms with van der Waals surface area (Å²) in [6.07, 6.45) is 1.16. The monoisotopic (exact) mass is 294 g/mol. The Kier molecular flexibility index (Phi) is 9.87. The molecule has 120 valence electrons. The molecule has 0 saturated heterocycles. The van der Waals surface area contributed by atoms with Crippen molar-refractivity contribution in [2.75, 3.05) is 46.5 Å². The molecule has 0 aliphatic heterocycles. The van der Waals surface area contributed by atoms with Crippen molar-refractivity contribution in [3.8, 4) is 5.75 Å². The van der Waals surface area contributed by atoms with E-state index >= 15 is 0 Å². The molecular weight excluding hydrogens is 264 g/mol. The number of ether oxygens (including phenoxy) is 2. The maximum Gasteiger partial charge on any atom is 0.119 e. The predicted octanol–water partition coefficient (Wildman–Crippen LogP) is 2.53. The molecule has 0 spiro atoms. The number of nitrogens with zero attached hydrogens (tertiary/aromatic N) is 1. The van der Waals surface area contributed by atoms with Gasteiger partial charge in [0.15, 0.2) is 0 Å². The third-order valence-corrected chi connectivity index (χ3v) is 3.24. The summed E-state index contributed by atoms with van der Waals surface area (Å²) < 4.78 is 11.1. The van der Waals surface area contributed by atoms with Gasteiger partial charge in [0, 0.05) is 26.2 Å².